The molecule has 2 rings (SSSR count). The quantitative estimate of drug-likeness (QED) is 0.780. The van der Waals surface area contributed by atoms with Crippen LogP contribution in [0.1, 0.15) is 48.5 Å². The summed E-state index contributed by atoms with van der Waals surface area (Å²) in [6.45, 7) is 4.37. The summed E-state index contributed by atoms with van der Waals surface area (Å²) >= 11 is 0. The summed E-state index contributed by atoms with van der Waals surface area (Å²) in [5.74, 6) is 1.01. The second kappa shape index (κ2) is 6.69. The first-order chi connectivity index (χ1) is 8.79. The van der Waals surface area contributed by atoms with Gasteiger partial charge in [0.25, 0.3) is 0 Å². The van der Waals surface area contributed by atoms with Crippen molar-refractivity contribution in [1.29, 1.82) is 0 Å². The van der Waals surface area contributed by atoms with Crippen molar-refractivity contribution in [1.82, 2.24) is 5.32 Å². The Morgan fingerprint density at radius 1 is 1.44 bits per heavy atom. The highest BCUT2D eigenvalue weighted by Gasteiger charge is 2.16. The average molecular weight is 245 g/mol. The third kappa shape index (κ3) is 3.67. The molecule has 1 aromatic rings. The molecule has 0 aliphatic carbocycles. The Hall–Kier alpha value is -1.15. The maximum absolute atomic E-state index is 12.1. The predicted octanol–water partition coefficient (Wildman–Crippen LogP) is 3.21. The third-order valence-electron chi connectivity index (χ3n) is 3.73. The highest BCUT2D eigenvalue weighted by molar-refractivity contribution is 5.96. The normalized spacial score (nSPS) is 19.1. The van der Waals surface area contributed by atoms with Gasteiger partial charge in [-0.1, -0.05) is 31.5 Å². The molecular weight excluding hydrogens is 222 g/mol. The van der Waals surface area contributed by atoms with Crippen LogP contribution in [0.25, 0.3) is 0 Å². The molecule has 0 amide bonds. The zero-order valence-electron chi connectivity index (χ0n) is 11.2. The van der Waals surface area contributed by atoms with Gasteiger partial charge in [-0.25, -0.2) is 0 Å². The van der Waals surface area contributed by atoms with Gasteiger partial charge in [-0.05, 0) is 49.9 Å². The molecule has 1 aromatic carbocycles. The van der Waals surface area contributed by atoms with Crippen molar-refractivity contribution >= 4 is 5.78 Å². The summed E-state index contributed by atoms with van der Waals surface area (Å²) in [5, 5.41) is 3.35. The van der Waals surface area contributed by atoms with E-state index in [-0.39, 0.29) is 0 Å². The molecule has 18 heavy (non-hydrogen) atoms. The highest BCUT2D eigenvalue weighted by atomic mass is 16.1. The first kappa shape index (κ1) is 13.3. The molecule has 0 saturated carbocycles. The molecule has 1 aliphatic heterocycles. The molecule has 1 N–H and O–H groups in total. The Morgan fingerprint density at radius 2 is 2.33 bits per heavy atom. The first-order valence-corrected chi connectivity index (χ1v) is 7.12. The van der Waals surface area contributed by atoms with Crippen LogP contribution in [0.15, 0.2) is 24.3 Å². The Bertz CT molecular complexity index is 394. The van der Waals surface area contributed by atoms with Crippen molar-refractivity contribution in [3.8, 4) is 0 Å². The van der Waals surface area contributed by atoms with E-state index in [1.165, 1.54) is 12.0 Å². The molecule has 1 heterocycles. The molecule has 1 atom stereocenters. The number of benzene rings is 1. The lowest BCUT2D eigenvalue weighted by Crippen LogP contribution is -2.10. The molecule has 1 fully saturated rings. The van der Waals surface area contributed by atoms with Crippen molar-refractivity contribution in [2.75, 3.05) is 13.1 Å². The van der Waals surface area contributed by atoms with Crippen LogP contribution in [0.3, 0.4) is 0 Å². The van der Waals surface area contributed by atoms with Gasteiger partial charge in [-0.2, -0.15) is 0 Å². The zero-order valence-corrected chi connectivity index (χ0v) is 11.2. The van der Waals surface area contributed by atoms with Crippen molar-refractivity contribution in [3.05, 3.63) is 35.4 Å². The van der Waals surface area contributed by atoms with E-state index in [9.17, 15) is 4.79 Å². The minimum Gasteiger partial charge on any atom is -0.316 e. The molecule has 1 unspecified atom stereocenters. The summed E-state index contributed by atoms with van der Waals surface area (Å²) < 4.78 is 0. The van der Waals surface area contributed by atoms with Crippen LogP contribution < -0.4 is 5.32 Å². The lowest BCUT2D eigenvalue weighted by molar-refractivity contribution is 0.0974. The largest absolute Gasteiger partial charge is 0.316 e. The Labute approximate surface area is 110 Å². The minimum absolute atomic E-state index is 0.305. The van der Waals surface area contributed by atoms with E-state index in [1.54, 1.807) is 0 Å². The molecule has 0 bridgehead atoms. The van der Waals surface area contributed by atoms with Gasteiger partial charge in [0.2, 0.25) is 0 Å². The van der Waals surface area contributed by atoms with Gasteiger partial charge in [0, 0.05) is 12.0 Å². The Morgan fingerprint density at radius 3 is 3.06 bits per heavy atom. The molecule has 0 spiro atoms. The van der Waals surface area contributed by atoms with E-state index >= 15 is 0 Å². The fourth-order valence-electron chi connectivity index (χ4n) is 2.63. The van der Waals surface area contributed by atoms with Gasteiger partial charge in [-0.3, -0.25) is 4.79 Å². The average Bonchev–Trinajstić information content (AvgIpc) is 2.90. The van der Waals surface area contributed by atoms with E-state index in [2.05, 4.69) is 24.4 Å². The first-order valence-electron chi connectivity index (χ1n) is 7.12. The van der Waals surface area contributed by atoms with Crippen LogP contribution in [-0.2, 0) is 6.42 Å². The van der Waals surface area contributed by atoms with Gasteiger partial charge < -0.3 is 5.32 Å². The number of carbonyl (C=O) groups is 1. The van der Waals surface area contributed by atoms with Crippen molar-refractivity contribution in [3.63, 3.8) is 0 Å². The van der Waals surface area contributed by atoms with Gasteiger partial charge in [0.1, 0.15) is 0 Å². The SMILES string of the molecule is CCCc1cccc(C(=O)CCC2CCNC2)c1. The molecule has 0 aromatic heterocycles. The lowest BCUT2D eigenvalue weighted by Gasteiger charge is -2.08. The summed E-state index contributed by atoms with van der Waals surface area (Å²) in [7, 11) is 0. The fraction of sp³-hybridized carbons (Fsp3) is 0.562. The van der Waals surface area contributed by atoms with Crippen LogP contribution in [0.4, 0.5) is 0 Å². The minimum atomic E-state index is 0.305. The van der Waals surface area contributed by atoms with E-state index in [0.29, 0.717) is 18.1 Å². The number of Topliss-reactive ketones (excluding diaryl/α,β-unsaturated/α-hetero) is 1. The highest BCUT2D eigenvalue weighted by Crippen LogP contribution is 2.17. The molecular formula is C16H23NO. The topological polar surface area (TPSA) is 29.1 Å². The van der Waals surface area contributed by atoms with Gasteiger partial charge in [0.15, 0.2) is 5.78 Å². The third-order valence-corrected chi connectivity index (χ3v) is 3.73. The number of carbonyl (C=O) groups excluding carboxylic acids is 1. The number of hydrogen-bond donors (Lipinski definition) is 1. The van der Waals surface area contributed by atoms with E-state index in [1.807, 2.05) is 12.1 Å². The molecule has 1 aliphatic rings. The van der Waals surface area contributed by atoms with Crippen LogP contribution in [0.2, 0.25) is 0 Å². The monoisotopic (exact) mass is 245 g/mol. The maximum Gasteiger partial charge on any atom is 0.162 e. The van der Waals surface area contributed by atoms with Crippen molar-refractivity contribution in [2.45, 2.75) is 39.0 Å². The van der Waals surface area contributed by atoms with Crippen molar-refractivity contribution in [2.24, 2.45) is 5.92 Å². The molecule has 1 saturated heterocycles. The lowest BCUT2D eigenvalue weighted by atomic mass is 9.97. The summed E-state index contributed by atoms with van der Waals surface area (Å²) in [4.78, 5) is 12.1. The Balaban J connectivity index is 1.89. The second-order valence-electron chi connectivity index (χ2n) is 5.27. The number of ketones is 1. The number of hydrogen-bond acceptors (Lipinski definition) is 2. The molecule has 0 radical (unpaired) electrons. The summed E-state index contributed by atoms with van der Waals surface area (Å²) in [6.07, 6.45) is 5.15. The summed E-state index contributed by atoms with van der Waals surface area (Å²) in [5.41, 5.74) is 2.18. The maximum atomic E-state index is 12.1. The van der Waals surface area contributed by atoms with Gasteiger partial charge in [0.05, 0.1) is 0 Å². The van der Waals surface area contributed by atoms with Crippen LogP contribution in [0, 0.1) is 5.92 Å². The molecule has 2 heteroatoms. The van der Waals surface area contributed by atoms with E-state index in [0.717, 1.165) is 37.9 Å². The van der Waals surface area contributed by atoms with Crippen LogP contribution >= 0.6 is 0 Å². The smallest absolute Gasteiger partial charge is 0.162 e. The summed E-state index contributed by atoms with van der Waals surface area (Å²) in [6, 6.07) is 8.14. The van der Waals surface area contributed by atoms with Crippen LogP contribution in [0.5, 0.6) is 0 Å². The molecule has 2 nitrogen and oxygen atoms in total. The van der Waals surface area contributed by atoms with E-state index < -0.39 is 0 Å². The van der Waals surface area contributed by atoms with Gasteiger partial charge in [-0.15, -0.1) is 0 Å². The molecule has 98 valence electrons. The van der Waals surface area contributed by atoms with Crippen LogP contribution in [-0.4, -0.2) is 18.9 Å². The number of nitrogens with one attached hydrogen (secondary N) is 1. The predicted molar refractivity (Wildman–Crippen MR) is 75.0 cm³/mol. The van der Waals surface area contributed by atoms with Crippen molar-refractivity contribution < 1.29 is 4.79 Å². The zero-order chi connectivity index (χ0) is 12.8. The fourth-order valence-corrected chi connectivity index (χ4v) is 2.63. The Kier molecular flexibility index (Phi) is 4.94. The second-order valence-corrected chi connectivity index (χ2v) is 5.27. The standard InChI is InChI=1S/C16H23NO/c1-2-4-13-5-3-6-15(11-13)16(18)8-7-14-9-10-17-12-14/h3,5-6,11,14,17H,2,4,7-10,12H2,1H3. The number of aryl methyl sites for hydroxylation is 1. The van der Waals surface area contributed by atoms with E-state index in [4.69, 9.17) is 0 Å². The van der Waals surface area contributed by atoms with Gasteiger partial charge >= 0.3 is 0 Å². The number of rotatable bonds is 6.